The van der Waals surface area contributed by atoms with Crippen LogP contribution in [0.3, 0.4) is 0 Å². The van der Waals surface area contributed by atoms with Crippen LogP contribution >= 0.6 is 0 Å². The third-order valence-electron chi connectivity index (χ3n) is 0.828. The summed E-state index contributed by atoms with van der Waals surface area (Å²) in [4.78, 5) is 6.63. The molecule has 0 aliphatic carbocycles. The van der Waals surface area contributed by atoms with Crippen molar-refractivity contribution < 1.29 is 0 Å². The Morgan fingerprint density at radius 1 is 1.75 bits per heavy atom. The van der Waals surface area contributed by atoms with Gasteiger partial charge in [0, 0.05) is 13.2 Å². The highest BCUT2D eigenvalue weighted by molar-refractivity contribution is 4.80. The Labute approximate surface area is 47.9 Å². The van der Waals surface area contributed by atoms with Crippen LogP contribution in [0.2, 0.25) is 0 Å². The molecule has 0 radical (unpaired) electrons. The number of aromatic nitrogens is 1. The summed E-state index contributed by atoms with van der Waals surface area (Å²) in [7, 11) is 1.72. The number of aromatic amines is 1. The zero-order valence-electron chi connectivity index (χ0n) is 4.60. The van der Waals surface area contributed by atoms with Gasteiger partial charge in [-0.3, -0.25) is 9.98 Å². The molecule has 1 aromatic heterocycles. The maximum absolute atomic E-state index is 3.86. The summed E-state index contributed by atoms with van der Waals surface area (Å²) in [6.45, 7) is 0. The van der Waals surface area contributed by atoms with Crippen LogP contribution in [0.4, 0.5) is 0 Å². The molecule has 0 fully saturated rings. The first-order valence-corrected chi connectivity index (χ1v) is 2.33. The minimum Gasteiger partial charge on any atom is -0.299 e. The third kappa shape index (κ3) is 0.881. The van der Waals surface area contributed by atoms with Crippen molar-refractivity contribution in [3.63, 3.8) is 0 Å². The van der Waals surface area contributed by atoms with Gasteiger partial charge >= 0.3 is 0 Å². The van der Waals surface area contributed by atoms with Gasteiger partial charge in [-0.15, -0.1) is 0 Å². The molecule has 2 nitrogen and oxygen atoms in total. The molecule has 1 heterocycles. The van der Waals surface area contributed by atoms with Crippen molar-refractivity contribution in [2.24, 2.45) is 4.99 Å². The highest BCUT2D eigenvalue weighted by Crippen LogP contribution is 1.59. The molecule has 0 aliphatic rings. The fourth-order valence-electron chi connectivity index (χ4n) is 0.434. The van der Waals surface area contributed by atoms with E-state index < -0.39 is 0 Å². The first-order chi connectivity index (χ1) is 3.93. The Morgan fingerprint density at radius 3 is 3.00 bits per heavy atom. The molecule has 8 heavy (non-hydrogen) atoms. The summed E-state index contributed by atoms with van der Waals surface area (Å²) >= 11 is 0. The molecule has 0 aliphatic heterocycles. The van der Waals surface area contributed by atoms with E-state index in [0.29, 0.717) is 0 Å². The normalized spacial score (nSPS) is 10.9. The third-order valence-corrected chi connectivity index (χ3v) is 0.828. The molecule has 0 aromatic carbocycles. The van der Waals surface area contributed by atoms with Gasteiger partial charge in [0.1, 0.15) is 5.49 Å². The second-order valence-corrected chi connectivity index (χ2v) is 1.34. The molecule has 1 N–H and O–H groups in total. The quantitative estimate of drug-likeness (QED) is 0.487. The van der Waals surface area contributed by atoms with Gasteiger partial charge in [0.15, 0.2) is 0 Å². The SMILES string of the molecule is CN=c1ccc#c[nH]1. The smallest absolute Gasteiger partial charge is 0.132 e. The minimum atomic E-state index is 0.823. The molecule has 0 spiro atoms. The Hall–Kier alpha value is -1.23. The van der Waals surface area contributed by atoms with Crippen molar-refractivity contribution in [1.29, 1.82) is 0 Å². The monoisotopic (exact) mass is 106 g/mol. The van der Waals surface area contributed by atoms with E-state index in [1.54, 1.807) is 13.1 Å². The van der Waals surface area contributed by atoms with E-state index in [9.17, 15) is 0 Å². The summed E-state index contributed by atoms with van der Waals surface area (Å²) in [5.74, 6) is 0. The highest BCUT2D eigenvalue weighted by Gasteiger charge is 1.66. The topological polar surface area (TPSA) is 28.1 Å². The lowest BCUT2D eigenvalue weighted by atomic mass is 10.6. The van der Waals surface area contributed by atoms with E-state index in [1.807, 2.05) is 6.07 Å². The molecule has 0 bridgehead atoms. The van der Waals surface area contributed by atoms with Crippen molar-refractivity contribution in [2.45, 2.75) is 0 Å². The van der Waals surface area contributed by atoms with Gasteiger partial charge in [0.05, 0.1) is 0 Å². The lowest BCUT2D eigenvalue weighted by Gasteiger charge is -1.74. The maximum Gasteiger partial charge on any atom is 0.132 e. The van der Waals surface area contributed by atoms with E-state index >= 15 is 0 Å². The Bertz CT molecular complexity index is 194. The summed E-state index contributed by atoms with van der Waals surface area (Å²) in [6, 6.07) is 6.32. The van der Waals surface area contributed by atoms with Crippen LogP contribution in [-0.4, -0.2) is 12.0 Å². The van der Waals surface area contributed by atoms with Crippen molar-refractivity contribution in [1.82, 2.24) is 4.98 Å². The van der Waals surface area contributed by atoms with Crippen molar-refractivity contribution in [3.8, 4) is 0 Å². The summed E-state index contributed by atoms with van der Waals surface area (Å²) in [5.41, 5.74) is 0.823. The lowest BCUT2D eigenvalue weighted by molar-refractivity contribution is 1.12. The first-order valence-electron chi connectivity index (χ1n) is 2.33. The molecular weight excluding hydrogens is 100 g/mol. The maximum atomic E-state index is 3.86. The summed E-state index contributed by atoms with van der Waals surface area (Å²) in [6.07, 6.45) is 2.67. The largest absolute Gasteiger partial charge is 0.299 e. The van der Waals surface area contributed by atoms with Gasteiger partial charge < -0.3 is 0 Å². The van der Waals surface area contributed by atoms with Gasteiger partial charge in [0.2, 0.25) is 0 Å². The predicted molar refractivity (Wildman–Crippen MR) is 30.0 cm³/mol. The number of nitrogens with one attached hydrogen (secondary N) is 1. The van der Waals surface area contributed by atoms with Crippen molar-refractivity contribution in [3.05, 3.63) is 29.9 Å². The van der Waals surface area contributed by atoms with Crippen molar-refractivity contribution >= 4 is 0 Å². The molecule has 0 saturated heterocycles. The van der Waals surface area contributed by atoms with E-state index in [-0.39, 0.29) is 0 Å². The highest BCUT2D eigenvalue weighted by atomic mass is 14.8. The van der Waals surface area contributed by atoms with E-state index in [0.717, 1.165) is 5.49 Å². The average molecular weight is 106 g/mol. The van der Waals surface area contributed by atoms with Crippen LogP contribution in [0.1, 0.15) is 0 Å². The second-order valence-electron chi connectivity index (χ2n) is 1.34. The Kier molecular flexibility index (Phi) is 1.34. The Balaban J connectivity index is 3.20. The number of nitrogens with zero attached hydrogens (tertiary/aromatic N) is 1. The van der Waals surface area contributed by atoms with Gasteiger partial charge in [-0.25, -0.2) is 0 Å². The zero-order valence-corrected chi connectivity index (χ0v) is 4.60. The van der Waals surface area contributed by atoms with Crippen LogP contribution in [0, 0.1) is 12.3 Å². The van der Waals surface area contributed by atoms with Crippen LogP contribution in [-0.2, 0) is 0 Å². The van der Waals surface area contributed by atoms with Crippen LogP contribution in [0.5, 0.6) is 0 Å². The number of hydrogen-bond donors (Lipinski definition) is 1. The number of H-pyrrole nitrogens is 1. The molecule has 0 unspecified atom stereocenters. The zero-order chi connectivity index (χ0) is 5.82. The van der Waals surface area contributed by atoms with Gasteiger partial charge in [-0.1, -0.05) is 6.07 Å². The van der Waals surface area contributed by atoms with Gasteiger partial charge in [0.25, 0.3) is 0 Å². The number of hydrogen-bond acceptors (Lipinski definition) is 1. The van der Waals surface area contributed by atoms with Gasteiger partial charge in [-0.2, -0.15) is 0 Å². The van der Waals surface area contributed by atoms with Crippen LogP contribution in [0.25, 0.3) is 0 Å². The van der Waals surface area contributed by atoms with Crippen LogP contribution in [0.15, 0.2) is 17.1 Å². The average Bonchev–Trinajstić information content (AvgIpc) is 1.90. The molecule has 0 atom stereocenters. The summed E-state index contributed by atoms with van der Waals surface area (Å²) in [5, 5.41) is 0. The first kappa shape index (κ1) is 4.92. The molecule has 40 valence electrons. The predicted octanol–water partition coefficient (Wildman–Crippen LogP) is 0.146. The van der Waals surface area contributed by atoms with E-state index in [2.05, 4.69) is 22.2 Å². The molecular formula is C6H6N2. The molecule has 0 amide bonds. The second kappa shape index (κ2) is 2.17. The van der Waals surface area contributed by atoms with Gasteiger partial charge in [-0.05, 0) is 12.1 Å². The fourth-order valence-corrected chi connectivity index (χ4v) is 0.434. The number of rotatable bonds is 0. The molecule has 1 aromatic rings. The summed E-state index contributed by atoms with van der Waals surface area (Å²) < 4.78 is 0. The van der Waals surface area contributed by atoms with Crippen LogP contribution < -0.4 is 5.49 Å². The van der Waals surface area contributed by atoms with Crippen molar-refractivity contribution in [2.75, 3.05) is 7.05 Å². The minimum absolute atomic E-state index is 0.823. The molecule has 1 rings (SSSR count). The lowest BCUT2D eigenvalue weighted by Crippen LogP contribution is -2.01. The van der Waals surface area contributed by atoms with E-state index in [4.69, 9.17) is 0 Å². The van der Waals surface area contributed by atoms with E-state index in [1.165, 1.54) is 0 Å². The fraction of sp³-hybridized carbons (Fsp3) is 0.167. The molecule has 2 heteroatoms. The standard InChI is InChI=1S/C6H6N2/c1-7-6-4-2-3-5-8-6/h2,4H,1H3,(H,7,8). The Morgan fingerprint density at radius 2 is 2.62 bits per heavy atom. The molecule has 0 saturated carbocycles.